The van der Waals surface area contributed by atoms with Crippen molar-refractivity contribution in [2.45, 2.75) is 32.2 Å². The van der Waals surface area contributed by atoms with Crippen LogP contribution in [0.4, 0.5) is 5.69 Å². The molecule has 2 aromatic carbocycles. The number of carbonyl (C=O) groups is 1. The van der Waals surface area contributed by atoms with Crippen LogP contribution in [-0.4, -0.2) is 19.5 Å². The maximum Gasteiger partial charge on any atom is 0.227 e. The van der Waals surface area contributed by atoms with Crippen LogP contribution in [0.25, 0.3) is 5.57 Å². The number of carbonyl (C=O) groups excluding carboxylic acids is 1. The fourth-order valence-electron chi connectivity index (χ4n) is 3.44. The zero-order valence-electron chi connectivity index (χ0n) is 14.9. The largest absolute Gasteiger partial charge is 0.320 e. The van der Waals surface area contributed by atoms with E-state index in [9.17, 15) is 4.79 Å². The van der Waals surface area contributed by atoms with Crippen molar-refractivity contribution in [3.63, 3.8) is 0 Å². The smallest absolute Gasteiger partial charge is 0.227 e. The molecule has 0 bridgehead atoms. The molecule has 0 atom stereocenters. The van der Waals surface area contributed by atoms with Gasteiger partial charge in [-0.2, -0.15) is 0 Å². The maximum atomic E-state index is 13.0. The van der Waals surface area contributed by atoms with E-state index in [1.807, 2.05) is 36.2 Å². The molecule has 1 heterocycles. The number of nitrogens with one attached hydrogen (secondary N) is 1. The van der Waals surface area contributed by atoms with Gasteiger partial charge in [0.15, 0.2) is 0 Å². The molecule has 25 heavy (non-hydrogen) atoms. The first-order valence-corrected chi connectivity index (χ1v) is 8.99. The van der Waals surface area contributed by atoms with Crippen molar-refractivity contribution in [3.8, 4) is 0 Å². The van der Waals surface area contributed by atoms with Gasteiger partial charge in [0.05, 0.1) is 6.54 Å². The number of hydrogen-bond donors (Lipinski definition) is 1. The number of benzene rings is 2. The van der Waals surface area contributed by atoms with Gasteiger partial charge in [-0.05, 0) is 61.2 Å². The molecule has 1 aliphatic rings. The predicted molar refractivity (Wildman–Crippen MR) is 105 cm³/mol. The molecule has 0 unspecified atom stereocenters. The molecule has 0 radical (unpaired) electrons. The Balaban J connectivity index is 1.91. The highest BCUT2D eigenvalue weighted by molar-refractivity contribution is 5.95. The summed E-state index contributed by atoms with van der Waals surface area (Å²) in [5.41, 5.74) is 5.65. The minimum absolute atomic E-state index is 0.200. The summed E-state index contributed by atoms with van der Waals surface area (Å²) in [6.07, 6.45) is 3.29. The lowest BCUT2D eigenvalue weighted by atomic mass is 9.92. The highest BCUT2D eigenvalue weighted by Crippen LogP contribution is 2.33. The molecular weight excluding hydrogens is 308 g/mol. The van der Waals surface area contributed by atoms with Gasteiger partial charge in [0.1, 0.15) is 0 Å². The number of hydrogen-bond acceptors (Lipinski definition) is 2. The third-order valence-corrected chi connectivity index (χ3v) is 4.78. The Hall–Kier alpha value is -2.39. The maximum absolute atomic E-state index is 13.0. The Morgan fingerprint density at radius 2 is 1.80 bits per heavy atom. The van der Waals surface area contributed by atoms with E-state index in [1.54, 1.807) is 0 Å². The Bertz CT molecular complexity index is 766. The minimum atomic E-state index is 0.200. The molecule has 0 fully saturated rings. The summed E-state index contributed by atoms with van der Waals surface area (Å²) in [7, 11) is 1.94. The van der Waals surface area contributed by atoms with Gasteiger partial charge in [-0.1, -0.05) is 49.0 Å². The number of unbranched alkanes of at least 4 members (excludes halogenated alkanes) is 1. The number of anilines is 1. The number of fused-ring (bicyclic) bond motifs is 2. The molecule has 3 heteroatoms. The molecule has 0 saturated heterocycles. The van der Waals surface area contributed by atoms with E-state index in [0.717, 1.165) is 37.1 Å². The van der Waals surface area contributed by atoms with Crippen molar-refractivity contribution in [2.75, 3.05) is 18.5 Å². The van der Waals surface area contributed by atoms with Gasteiger partial charge < -0.3 is 10.2 Å². The van der Waals surface area contributed by atoms with Crippen molar-refractivity contribution < 1.29 is 4.79 Å². The molecule has 1 N–H and O–H groups in total. The number of rotatable bonds is 5. The Morgan fingerprint density at radius 1 is 1.08 bits per heavy atom. The summed E-state index contributed by atoms with van der Waals surface area (Å²) >= 11 is 0. The molecule has 2 aromatic rings. The third kappa shape index (κ3) is 3.99. The van der Waals surface area contributed by atoms with Crippen molar-refractivity contribution in [1.29, 1.82) is 0 Å². The number of allylic oxidation sites excluding steroid dienone is 1. The van der Waals surface area contributed by atoms with E-state index >= 15 is 0 Å². The average Bonchev–Trinajstić information content (AvgIpc) is 2.63. The molecule has 0 spiro atoms. The first kappa shape index (κ1) is 17.4. The van der Waals surface area contributed by atoms with Gasteiger partial charge in [0, 0.05) is 12.1 Å². The molecule has 1 aliphatic heterocycles. The highest BCUT2D eigenvalue weighted by Gasteiger charge is 2.23. The molecule has 0 aliphatic carbocycles. The molecule has 0 saturated carbocycles. The fourth-order valence-corrected chi connectivity index (χ4v) is 3.44. The zero-order valence-corrected chi connectivity index (χ0v) is 14.9. The fraction of sp³-hybridized carbons (Fsp3) is 0.318. The second kappa shape index (κ2) is 8.13. The van der Waals surface area contributed by atoms with E-state index in [4.69, 9.17) is 0 Å². The molecule has 130 valence electrons. The number of amides is 1. The van der Waals surface area contributed by atoms with Gasteiger partial charge in [0.25, 0.3) is 0 Å². The summed E-state index contributed by atoms with van der Waals surface area (Å²) < 4.78 is 0. The van der Waals surface area contributed by atoms with Gasteiger partial charge in [-0.25, -0.2) is 0 Å². The molecule has 1 amide bonds. The van der Waals surface area contributed by atoms with Crippen LogP contribution in [0.5, 0.6) is 0 Å². The Kier molecular flexibility index (Phi) is 5.67. The quantitative estimate of drug-likeness (QED) is 0.832. The topological polar surface area (TPSA) is 32.3 Å². The molecule has 0 aromatic heterocycles. The van der Waals surface area contributed by atoms with Gasteiger partial charge in [0.2, 0.25) is 5.91 Å². The summed E-state index contributed by atoms with van der Waals surface area (Å²) in [5, 5.41) is 3.14. The number of para-hydroxylation sites is 1. The normalized spacial score (nSPS) is 13.6. The highest BCUT2D eigenvalue weighted by atomic mass is 16.2. The Morgan fingerprint density at radius 3 is 2.60 bits per heavy atom. The summed E-state index contributed by atoms with van der Waals surface area (Å²) in [4.78, 5) is 14.9. The van der Waals surface area contributed by atoms with Gasteiger partial charge in [-0.3, -0.25) is 4.79 Å². The van der Waals surface area contributed by atoms with Crippen molar-refractivity contribution in [2.24, 2.45) is 0 Å². The summed E-state index contributed by atoms with van der Waals surface area (Å²) in [6, 6.07) is 16.5. The summed E-state index contributed by atoms with van der Waals surface area (Å²) in [5.74, 6) is 0.200. The Labute approximate surface area is 150 Å². The first-order chi connectivity index (χ1) is 12.2. The SMILES string of the molecule is C=C1Cc2ccccc2N(C(=O)CCCCNC)Cc2ccccc21. The second-order valence-electron chi connectivity index (χ2n) is 6.61. The van der Waals surface area contributed by atoms with Crippen LogP contribution in [-0.2, 0) is 17.8 Å². The molecule has 3 nitrogen and oxygen atoms in total. The lowest BCUT2D eigenvalue weighted by Crippen LogP contribution is -2.32. The summed E-state index contributed by atoms with van der Waals surface area (Å²) in [6.45, 7) is 5.84. The van der Waals surface area contributed by atoms with Crippen LogP contribution in [0.2, 0.25) is 0 Å². The van der Waals surface area contributed by atoms with Crippen molar-refractivity contribution >= 4 is 17.2 Å². The standard InChI is InChI=1S/C22H26N2O/c1-17-15-18-9-4-6-12-21(18)24(22(25)13-7-8-14-23-2)16-19-10-3-5-11-20(17)19/h3-6,9-12,23H,1,7-8,13-16H2,2H3. The minimum Gasteiger partial charge on any atom is -0.320 e. The van der Waals surface area contributed by atoms with Crippen LogP contribution in [0.15, 0.2) is 55.1 Å². The first-order valence-electron chi connectivity index (χ1n) is 8.99. The monoisotopic (exact) mass is 334 g/mol. The van der Waals surface area contributed by atoms with Gasteiger partial charge in [-0.15, -0.1) is 0 Å². The van der Waals surface area contributed by atoms with Crippen LogP contribution < -0.4 is 10.2 Å². The second-order valence-corrected chi connectivity index (χ2v) is 6.61. The predicted octanol–water partition coefficient (Wildman–Crippen LogP) is 4.18. The molecule has 3 rings (SSSR count). The lowest BCUT2D eigenvalue weighted by Gasteiger charge is -2.29. The lowest BCUT2D eigenvalue weighted by molar-refractivity contribution is -0.118. The zero-order chi connectivity index (χ0) is 17.6. The van der Waals surface area contributed by atoms with E-state index in [0.29, 0.717) is 13.0 Å². The van der Waals surface area contributed by atoms with E-state index in [-0.39, 0.29) is 5.91 Å². The van der Waals surface area contributed by atoms with Gasteiger partial charge >= 0.3 is 0 Å². The van der Waals surface area contributed by atoms with Crippen molar-refractivity contribution in [1.82, 2.24) is 5.32 Å². The van der Waals surface area contributed by atoms with Crippen molar-refractivity contribution in [3.05, 3.63) is 71.8 Å². The van der Waals surface area contributed by atoms with Crippen LogP contribution in [0, 0.1) is 0 Å². The van der Waals surface area contributed by atoms with E-state index in [1.165, 1.54) is 16.7 Å². The van der Waals surface area contributed by atoms with Crippen LogP contribution in [0.1, 0.15) is 36.0 Å². The molecular formula is C22H26N2O. The van der Waals surface area contributed by atoms with Crippen LogP contribution in [0.3, 0.4) is 0 Å². The average molecular weight is 334 g/mol. The van der Waals surface area contributed by atoms with Crippen LogP contribution >= 0.6 is 0 Å². The van der Waals surface area contributed by atoms with E-state index < -0.39 is 0 Å². The van der Waals surface area contributed by atoms with E-state index in [2.05, 4.69) is 36.2 Å². The number of nitrogens with zero attached hydrogens (tertiary/aromatic N) is 1. The third-order valence-electron chi connectivity index (χ3n) is 4.78.